The Kier molecular flexibility index (Phi) is 3.13. The van der Waals surface area contributed by atoms with E-state index in [9.17, 15) is 4.79 Å². The summed E-state index contributed by atoms with van der Waals surface area (Å²) in [6.45, 7) is 1.95. The summed E-state index contributed by atoms with van der Waals surface area (Å²) >= 11 is 0. The predicted molar refractivity (Wildman–Crippen MR) is 72.0 cm³/mol. The SMILES string of the molecule is CN1CC(Oc2cccc(C3(N=C=O)CCC3)c2)C1. The number of isocyanates is 1. The van der Waals surface area contributed by atoms with Gasteiger partial charge in [0.2, 0.25) is 6.08 Å². The Morgan fingerprint density at radius 2 is 2.21 bits per heavy atom. The van der Waals surface area contributed by atoms with E-state index in [1.54, 1.807) is 6.08 Å². The van der Waals surface area contributed by atoms with Crippen molar-refractivity contribution >= 4 is 6.08 Å². The van der Waals surface area contributed by atoms with Gasteiger partial charge in [-0.05, 0) is 44.0 Å². The van der Waals surface area contributed by atoms with E-state index < -0.39 is 0 Å². The first-order valence-corrected chi connectivity index (χ1v) is 6.77. The standard InChI is InChI=1S/C15H18N2O2/c1-17-9-14(10-17)19-13-5-2-4-12(8-13)15(16-11-18)6-3-7-15/h2,4-5,8,14H,3,6-7,9-10H2,1H3. The maximum absolute atomic E-state index is 10.6. The van der Waals surface area contributed by atoms with E-state index in [1.165, 1.54) is 0 Å². The summed E-state index contributed by atoms with van der Waals surface area (Å²) in [5, 5.41) is 0. The van der Waals surface area contributed by atoms with E-state index in [0.717, 1.165) is 43.7 Å². The van der Waals surface area contributed by atoms with Gasteiger partial charge in [-0.15, -0.1) is 0 Å². The molecule has 100 valence electrons. The third-order valence-corrected chi connectivity index (χ3v) is 4.15. The molecule has 0 radical (unpaired) electrons. The van der Waals surface area contributed by atoms with Crippen LogP contribution in [0.25, 0.3) is 0 Å². The molecule has 0 spiro atoms. The Balaban J connectivity index is 1.77. The van der Waals surface area contributed by atoms with Crippen molar-refractivity contribution in [3.63, 3.8) is 0 Å². The van der Waals surface area contributed by atoms with Gasteiger partial charge in [0, 0.05) is 13.1 Å². The monoisotopic (exact) mass is 258 g/mol. The summed E-state index contributed by atoms with van der Waals surface area (Å²) in [6.07, 6.45) is 4.98. The number of hydrogen-bond acceptors (Lipinski definition) is 4. The Hall–Kier alpha value is -1.64. The molecule has 0 amide bonds. The van der Waals surface area contributed by atoms with Crippen LogP contribution in [0.4, 0.5) is 0 Å². The van der Waals surface area contributed by atoms with E-state index in [0.29, 0.717) is 0 Å². The van der Waals surface area contributed by atoms with Gasteiger partial charge in [-0.25, -0.2) is 4.79 Å². The molecule has 2 aliphatic rings. The highest BCUT2D eigenvalue weighted by atomic mass is 16.5. The van der Waals surface area contributed by atoms with Crippen molar-refractivity contribution in [1.82, 2.24) is 4.90 Å². The van der Waals surface area contributed by atoms with E-state index in [-0.39, 0.29) is 11.6 Å². The zero-order valence-corrected chi connectivity index (χ0v) is 11.1. The van der Waals surface area contributed by atoms with Crippen LogP contribution in [0.15, 0.2) is 29.3 Å². The van der Waals surface area contributed by atoms with E-state index >= 15 is 0 Å². The molecule has 1 aromatic carbocycles. The molecule has 0 N–H and O–H groups in total. The van der Waals surface area contributed by atoms with Crippen molar-refractivity contribution < 1.29 is 9.53 Å². The molecule has 4 heteroatoms. The molecule has 1 aromatic rings. The second-order valence-corrected chi connectivity index (χ2v) is 5.58. The number of rotatable bonds is 4. The number of likely N-dealkylation sites (tertiary alicyclic amines) is 1. The Morgan fingerprint density at radius 1 is 1.42 bits per heavy atom. The van der Waals surface area contributed by atoms with Gasteiger partial charge in [0.05, 0.1) is 5.54 Å². The van der Waals surface area contributed by atoms with Crippen molar-refractivity contribution in [2.75, 3.05) is 20.1 Å². The van der Waals surface area contributed by atoms with Crippen LogP contribution >= 0.6 is 0 Å². The quantitative estimate of drug-likeness (QED) is 0.613. The summed E-state index contributed by atoms with van der Waals surface area (Å²) < 4.78 is 5.92. The molecule has 0 unspecified atom stereocenters. The molecule has 1 aliphatic heterocycles. The second-order valence-electron chi connectivity index (χ2n) is 5.58. The number of aliphatic imine (C=N–C) groups is 1. The molecule has 3 rings (SSSR count). The molecule has 1 aliphatic carbocycles. The summed E-state index contributed by atoms with van der Waals surface area (Å²) in [5.74, 6) is 0.878. The van der Waals surface area contributed by atoms with Crippen LogP contribution in [-0.4, -0.2) is 37.2 Å². The van der Waals surface area contributed by atoms with Gasteiger partial charge >= 0.3 is 0 Å². The van der Waals surface area contributed by atoms with Gasteiger partial charge in [0.1, 0.15) is 11.9 Å². The van der Waals surface area contributed by atoms with Crippen molar-refractivity contribution in [1.29, 1.82) is 0 Å². The molecule has 1 heterocycles. The van der Waals surface area contributed by atoms with E-state index in [1.807, 2.05) is 24.3 Å². The molecular weight excluding hydrogens is 240 g/mol. The van der Waals surface area contributed by atoms with Gasteiger partial charge in [-0.2, -0.15) is 4.99 Å². The zero-order chi connectivity index (χ0) is 13.3. The van der Waals surface area contributed by atoms with Crippen LogP contribution in [0.5, 0.6) is 5.75 Å². The maximum Gasteiger partial charge on any atom is 0.235 e. The molecule has 0 aromatic heterocycles. The average molecular weight is 258 g/mol. The second kappa shape index (κ2) is 4.80. The van der Waals surface area contributed by atoms with Crippen LogP contribution in [0.1, 0.15) is 24.8 Å². The summed E-state index contributed by atoms with van der Waals surface area (Å²) in [5.41, 5.74) is 0.740. The third kappa shape index (κ3) is 2.29. The predicted octanol–water partition coefficient (Wildman–Crippen LogP) is 2.09. The normalized spacial score (nSPS) is 21.9. The van der Waals surface area contributed by atoms with Gasteiger partial charge in [-0.1, -0.05) is 12.1 Å². The minimum absolute atomic E-state index is 0.284. The summed E-state index contributed by atoms with van der Waals surface area (Å²) in [7, 11) is 2.08. The van der Waals surface area contributed by atoms with Crippen LogP contribution in [0, 0.1) is 0 Å². The number of nitrogens with zero attached hydrogens (tertiary/aromatic N) is 2. The van der Waals surface area contributed by atoms with E-state index in [2.05, 4.69) is 16.9 Å². The topological polar surface area (TPSA) is 41.9 Å². The zero-order valence-electron chi connectivity index (χ0n) is 11.1. The molecule has 4 nitrogen and oxygen atoms in total. The van der Waals surface area contributed by atoms with Crippen molar-refractivity contribution in [3.05, 3.63) is 29.8 Å². The lowest BCUT2D eigenvalue weighted by molar-refractivity contribution is 0.0386. The Labute approximate surface area is 113 Å². The number of hydrogen-bond donors (Lipinski definition) is 0. The van der Waals surface area contributed by atoms with Crippen LogP contribution in [0.2, 0.25) is 0 Å². The molecule has 2 fully saturated rings. The molecular formula is C15H18N2O2. The Bertz CT molecular complexity index is 513. The first kappa shape index (κ1) is 12.4. The smallest absolute Gasteiger partial charge is 0.235 e. The lowest BCUT2D eigenvalue weighted by Gasteiger charge is -2.38. The fourth-order valence-corrected chi connectivity index (χ4v) is 2.83. The maximum atomic E-state index is 10.6. The van der Waals surface area contributed by atoms with Crippen LogP contribution < -0.4 is 4.74 Å². The highest BCUT2D eigenvalue weighted by Crippen LogP contribution is 2.45. The number of benzene rings is 1. The molecule has 0 bridgehead atoms. The number of ether oxygens (including phenoxy) is 1. The first-order chi connectivity index (χ1) is 9.22. The average Bonchev–Trinajstić information content (AvgIpc) is 2.32. The highest BCUT2D eigenvalue weighted by molar-refractivity contribution is 5.41. The first-order valence-electron chi connectivity index (χ1n) is 6.77. The van der Waals surface area contributed by atoms with Gasteiger partial charge in [-0.3, -0.25) is 4.90 Å². The minimum atomic E-state index is -0.336. The van der Waals surface area contributed by atoms with Gasteiger partial charge in [0.25, 0.3) is 0 Å². The molecule has 1 saturated carbocycles. The van der Waals surface area contributed by atoms with Crippen LogP contribution in [0.3, 0.4) is 0 Å². The van der Waals surface area contributed by atoms with Crippen molar-refractivity contribution in [3.8, 4) is 5.75 Å². The largest absolute Gasteiger partial charge is 0.488 e. The number of carbonyl (C=O) groups excluding carboxylic acids is 1. The fraction of sp³-hybridized carbons (Fsp3) is 0.533. The van der Waals surface area contributed by atoms with Gasteiger partial charge < -0.3 is 4.74 Å². The molecule has 0 atom stereocenters. The van der Waals surface area contributed by atoms with E-state index in [4.69, 9.17) is 4.74 Å². The lowest BCUT2D eigenvalue weighted by atomic mass is 9.72. The van der Waals surface area contributed by atoms with Crippen LogP contribution in [-0.2, 0) is 10.3 Å². The highest BCUT2D eigenvalue weighted by Gasteiger charge is 2.39. The van der Waals surface area contributed by atoms with Crippen molar-refractivity contribution in [2.24, 2.45) is 4.99 Å². The Morgan fingerprint density at radius 3 is 2.79 bits per heavy atom. The molecule has 1 saturated heterocycles. The third-order valence-electron chi connectivity index (χ3n) is 4.15. The summed E-state index contributed by atoms with van der Waals surface area (Å²) in [4.78, 5) is 16.9. The fourth-order valence-electron chi connectivity index (χ4n) is 2.83. The minimum Gasteiger partial charge on any atom is -0.488 e. The number of likely N-dealkylation sites (N-methyl/N-ethyl adjacent to an activating group) is 1. The van der Waals surface area contributed by atoms with Crippen molar-refractivity contribution in [2.45, 2.75) is 30.9 Å². The van der Waals surface area contributed by atoms with Gasteiger partial charge in [0.15, 0.2) is 0 Å². The molecule has 19 heavy (non-hydrogen) atoms. The summed E-state index contributed by atoms with van der Waals surface area (Å²) in [6, 6.07) is 8.00. The lowest BCUT2D eigenvalue weighted by Crippen LogP contribution is -2.51.